The van der Waals surface area contributed by atoms with E-state index in [-0.39, 0.29) is 29.4 Å². The minimum atomic E-state index is -0.681. The summed E-state index contributed by atoms with van der Waals surface area (Å²) in [5.41, 5.74) is 2.65. The van der Waals surface area contributed by atoms with Crippen LogP contribution in [0.4, 0.5) is 0 Å². The van der Waals surface area contributed by atoms with Gasteiger partial charge in [-0.25, -0.2) is 4.79 Å². The van der Waals surface area contributed by atoms with Gasteiger partial charge in [0, 0.05) is 26.2 Å². The summed E-state index contributed by atoms with van der Waals surface area (Å²) in [6.45, 7) is 1.63. The Morgan fingerprint density at radius 1 is 0.791 bits per heavy atom. The van der Waals surface area contributed by atoms with E-state index in [2.05, 4.69) is 17.0 Å². The number of methoxy groups -OCH3 is 7. The minimum Gasteiger partial charge on any atom is -0.493 e. The second kappa shape index (κ2) is 12.9. The summed E-state index contributed by atoms with van der Waals surface area (Å²) >= 11 is 0. The third-order valence-electron chi connectivity index (χ3n) is 9.30. The molecule has 1 aliphatic carbocycles. The lowest BCUT2D eigenvalue weighted by Crippen LogP contribution is -2.58. The number of ether oxygens (including phenoxy) is 8. The van der Waals surface area contributed by atoms with Crippen molar-refractivity contribution < 1.29 is 47.5 Å². The number of fused-ring (bicyclic) bond motifs is 4. The number of benzene rings is 2. The highest BCUT2D eigenvalue weighted by atomic mass is 16.6. The maximum Gasteiger partial charge on any atom is 0.338 e. The van der Waals surface area contributed by atoms with Gasteiger partial charge in [-0.3, -0.25) is 9.69 Å². The van der Waals surface area contributed by atoms with E-state index < -0.39 is 24.1 Å². The third kappa shape index (κ3) is 5.56. The van der Waals surface area contributed by atoms with Crippen LogP contribution >= 0.6 is 0 Å². The van der Waals surface area contributed by atoms with E-state index in [1.54, 1.807) is 33.5 Å². The van der Waals surface area contributed by atoms with Crippen molar-refractivity contribution in [1.29, 1.82) is 0 Å². The molecule has 0 bridgehead atoms. The Balaban J connectivity index is 1.44. The molecule has 0 N–H and O–H groups in total. The number of nitrogens with zero attached hydrogens (tertiary/aromatic N) is 1. The fourth-order valence-corrected chi connectivity index (χ4v) is 7.32. The molecular formula is C32H41NO10. The summed E-state index contributed by atoms with van der Waals surface area (Å²) in [5.74, 6) is 0.953. The van der Waals surface area contributed by atoms with Crippen LogP contribution < -0.4 is 23.7 Å². The first-order chi connectivity index (χ1) is 20.8. The van der Waals surface area contributed by atoms with Gasteiger partial charge in [-0.2, -0.15) is 0 Å². The highest BCUT2D eigenvalue weighted by molar-refractivity contribution is 5.91. The Bertz CT molecular complexity index is 1320. The number of carbonyl (C=O) groups is 2. The highest BCUT2D eigenvalue weighted by Gasteiger charge is 2.54. The molecule has 3 aliphatic rings. The summed E-state index contributed by atoms with van der Waals surface area (Å²) in [7, 11) is 10.7. The Morgan fingerprint density at radius 3 is 2.02 bits per heavy atom. The Labute approximate surface area is 252 Å². The fraction of sp³-hybridized carbons (Fsp3) is 0.562. The smallest absolute Gasteiger partial charge is 0.338 e. The van der Waals surface area contributed by atoms with Crippen LogP contribution in [0.15, 0.2) is 24.3 Å². The summed E-state index contributed by atoms with van der Waals surface area (Å²) in [6, 6.07) is 7.33. The predicted octanol–water partition coefficient (Wildman–Crippen LogP) is 3.70. The largest absolute Gasteiger partial charge is 0.493 e. The zero-order valence-corrected chi connectivity index (χ0v) is 25.8. The van der Waals surface area contributed by atoms with Gasteiger partial charge in [0.05, 0.1) is 54.1 Å². The van der Waals surface area contributed by atoms with Crippen molar-refractivity contribution in [2.24, 2.45) is 17.8 Å². The van der Waals surface area contributed by atoms with Crippen molar-refractivity contribution in [3.05, 3.63) is 41.0 Å². The van der Waals surface area contributed by atoms with E-state index in [1.165, 1.54) is 39.6 Å². The van der Waals surface area contributed by atoms with Gasteiger partial charge in [0.1, 0.15) is 12.2 Å². The van der Waals surface area contributed by atoms with Crippen LogP contribution in [0.3, 0.4) is 0 Å². The van der Waals surface area contributed by atoms with Crippen LogP contribution in [-0.4, -0.2) is 91.9 Å². The summed E-state index contributed by atoms with van der Waals surface area (Å²) in [4.78, 5) is 29.4. The van der Waals surface area contributed by atoms with Gasteiger partial charge in [0.15, 0.2) is 23.0 Å². The molecule has 2 aromatic carbocycles. The highest BCUT2D eigenvalue weighted by Crippen LogP contribution is 2.51. The van der Waals surface area contributed by atoms with Crippen LogP contribution in [0.2, 0.25) is 0 Å². The SMILES string of the molecule is COC(=O)C1[C@H]2C[C@H]3c4cc(OC)c(OC)cc4CCN3C[C@H]2C[C@@H](OC(=O)c2cc(OC)c(OC)c(OC)c2)[C@@H]1OC. The predicted molar refractivity (Wildman–Crippen MR) is 155 cm³/mol. The van der Waals surface area contributed by atoms with Gasteiger partial charge in [0.25, 0.3) is 0 Å². The third-order valence-corrected chi connectivity index (χ3v) is 9.30. The average molecular weight is 600 g/mol. The fourth-order valence-electron chi connectivity index (χ4n) is 7.32. The zero-order chi connectivity index (χ0) is 30.8. The molecule has 2 aliphatic heterocycles. The molecule has 11 heteroatoms. The first-order valence-corrected chi connectivity index (χ1v) is 14.4. The second-order valence-electron chi connectivity index (χ2n) is 11.2. The number of piperidine rings is 1. The zero-order valence-electron chi connectivity index (χ0n) is 25.8. The number of esters is 2. The van der Waals surface area contributed by atoms with Crippen molar-refractivity contribution in [2.75, 3.05) is 62.9 Å². The van der Waals surface area contributed by atoms with Crippen LogP contribution in [-0.2, 0) is 25.4 Å². The van der Waals surface area contributed by atoms with Crippen molar-refractivity contribution in [3.63, 3.8) is 0 Å². The van der Waals surface area contributed by atoms with Crippen molar-refractivity contribution in [3.8, 4) is 28.7 Å². The van der Waals surface area contributed by atoms with Gasteiger partial charge in [-0.1, -0.05) is 0 Å². The molecule has 6 atom stereocenters. The molecule has 1 saturated carbocycles. The van der Waals surface area contributed by atoms with Crippen molar-refractivity contribution in [1.82, 2.24) is 4.90 Å². The second-order valence-corrected chi connectivity index (χ2v) is 11.2. The number of carbonyl (C=O) groups excluding carboxylic acids is 2. The number of hydrogen-bond donors (Lipinski definition) is 0. The maximum atomic E-state index is 13.5. The van der Waals surface area contributed by atoms with E-state index in [4.69, 9.17) is 37.9 Å². The van der Waals surface area contributed by atoms with E-state index in [1.807, 2.05) is 0 Å². The molecule has 234 valence electrons. The average Bonchev–Trinajstić information content (AvgIpc) is 3.04. The lowest BCUT2D eigenvalue weighted by Gasteiger charge is -2.53. The van der Waals surface area contributed by atoms with E-state index in [0.717, 1.165) is 25.9 Å². The van der Waals surface area contributed by atoms with Crippen molar-refractivity contribution in [2.45, 2.75) is 37.5 Å². The molecule has 1 unspecified atom stereocenters. The Hall–Kier alpha value is -3.70. The molecule has 0 aromatic heterocycles. The lowest BCUT2D eigenvalue weighted by atomic mass is 9.63. The molecule has 1 saturated heterocycles. The molecule has 0 spiro atoms. The Kier molecular flexibility index (Phi) is 9.22. The molecule has 2 fully saturated rings. The standard InChI is InChI=1S/C32H41NO10/c1-36-23-10-17-8-9-33-16-19-13-27(43-31(34)18-11-25(38-3)29(40-5)26(12-18)39-4)30(41-6)28(32(35)42-7)21(19)14-22(33)20(17)15-24(23)37-2/h10-12,15,19,21-22,27-28,30H,8-9,13-14,16H2,1-7H3/t19-,21+,22+,27-,28?,30+/m1/s1. The topological polar surface area (TPSA) is 111 Å². The van der Waals surface area contributed by atoms with Gasteiger partial charge in [0.2, 0.25) is 5.75 Å². The molecule has 2 aromatic rings. The Morgan fingerprint density at radius 2 is 1.44 bits per heavy atom. The summed E-state index contributed by atoms with van der Waals surface area (Å²) in [6.07, 6.45) is 0.819. The molecular weight excluding hydrogens is 558 g/mol. The quantitative estimate of drug-likeness (QED) is 0.394. The van der Waals surface area contributed by atoms with Gasteiger partial charge in [-0.15, -0.1) is 0 Å². The van der Waals surface area contributed by atoms with E-state index in [0.29, 0.717) is 35.2 Å². The maximum absolute atomic E-state index is 13.5. The van der Waals surface area contributed by atoms with Crippen molar-refractivity contribution >= 4 is 11.9 Å². The summed E-state index contributed by atoms with van der Waals surface area (Å²) in [5, 5.41) is 0. The normalized spacial score (nSPS) is 26.2. The minimum absolute atomic E-state index is 0.0335. The first-order valence-electron chi connectivity index (χ1n) is 14.4. The van der Waals surface area contributed by atoms with E-state index in [9.17, 15) is 9.59 Å². The lowest BCUT2D eigenvalue weighted by molar-refractivity contribution is -0.176. The van der Waals surface area contributed by atoms with Crippen LogP contribution in [0.25, 0.3) is 0 Å². The molecule has 2 heterocycles. The molecule has 43 heavy (non-hydrogen) atoms. The molecule has 0 radical (unpaired) electrons. The van der Waals surface area contributed by atoms with Gasteiger partial charge < -0.3 is 37.9 Å². The molecule has 11 nitrogen and oxygen atoms in total. The number of hydrogen-bond acceptors (Lipinski definition) is 11. The van der Waals surface area contributed by atoms with Crippen LogP contribution in [0, 0.1) is 17.8 Å². The first kappa shape index (κ1) is 30.7. The molecule has 0 amide bonds. The van der Waals surface area contributed by atoms with Gasteiger partial charge in [-0.05, 0) is 66.5 Å². The summed E-state index contributed by atoms with van der Waals surface area (Å²) < 4.78 is 44.7. The van der Waals surface area contributed by atoms with Crippen LogP contribution in [0.5, 0.6) is 28.7 Å². The monoisotopic (exact) mass is 599 g/mol. The van der Waals surface area contributed by atoms with Gasteiger partial charge >= 0.3 is 11.9 Å². The molecule has 5 rings (SSSR count). The van der Waals surface area contributed by atoms with Crippen LogP contribution in [0.1, 0.15) is 40.4 Å². The number of rotatable bonds is 9. The van der Waals surface area contributed by atoms with E-state index >= 15 is 0 Å².